The average Bonchev–Trinajstić information content (AvgIpc) is 2.37. The highest BCUT2D eigenvalue weighted by Gasteiger charge is 2.09. The number of rotatable bonds is 8. The highest BCUT2D eigenvalue weighted by molar-refractivity contribution is 9.10. The molecule has 0 aromatic heterocycles. The van der Waals surface area contributed by atoms with Crippen LogP contribution in [0, 0.1) is 5.92 Å². The van der Waals surface area contributed by atoms with Crippen LogP contribution in [0.25, 0.3) is 0 Å². The Morgan fingerprint density at radius 3 is 2.74 bits per heavy atom. The summed E-state index contributed by atoms with van der Waals surface area (Å²) in [5, 5.41) is 13.0. The molecule has 0 radical (unpaired) electrons. The molecule has 19 heavy (non-hydrogen) atoms. The smallest absolute Gasteiger partial charge is 0.123 e. The van der Waals surface area contributed by atoms with Gasteiger partial charge in [-0.25, -0.2) is 0 Å². The average molecular weight is 330 g/mol. The van der Waals surface area contributed by atoms with Gasteiger partial charge in [0.1, 0.15) is 5.75 Å². The summed E-state index contributed by atoms with van der Waals surface area (Å²) in [6.07, 6.45) is 0.682. The van der Waals surface area contributed by atoms with Crippen molar-refractivity contribution < 1.29 is 9.84 Å². The molecule has 1 atom stereocenters. The van der Waals surface area contributed by atoms with E-state index in [0.717, 1.165) is 28.8 Å². The van der Waals surface area contributed by atoms with Crippen molar-refractivity contribution in [1.29, 1.82) is 0 Å². The zero-order chi connectivity index (χ0) is 14.3. The van der Waals surface area contributed by atoms with Crippen LogP contribution >= 0.6 is 15.9 Å². The van der Waals surface area contributed by atoms with Gasteiger partial charge >= 0.3 is 0 Å². The molecule has 108 valence electrons. The Morgan fingerprint density at radius 1 is 1.37 bits per heavy atom. The van der Waals surface area contributed by atoms with Gasteiger partial charge in [0.15, 0.2) is 0 Å². The van der Waals surface area contributed by atoms with Crippen molar-refractivity contribution in [3.63, 3.8) is 0 Å². The SMILES string of the molecule is CCCOc1ccc(Br)cc1CNCC(O)C(C)C. The second kappa shape index (κ2) is 8.56. The molecule has 0 spiro atoms. The number of halogens is 1. The van der Waals surface area contributed by atoms with Crippen LogP contribution in [0.15, 0.2) is 22.7 Å². The fourth-order valence-electron chi connectivity index (χ4n) is 1.63. The third kappa shape index (κ3) is 5.93. The first-order valence-corrected chi connectivity index (χ1v) is 7.64. The van der Waals surface area contributed by atoms with Crippen LogP contribution < -0.4 is 10.1 Å². The predicted octanol–water partition coefficient (Wildman–Crippen LogP) is 3.34. The van der Waals surface area contributed by atoms with Gasteiger partial charge in [0.2, 0.25) is 0 Å². The molecule has 1 rings (SSSR count). The van der Waals surface area contributed by atoms with Crippen molar-refractivity contribution in [2.24, 2.45) is 5.92 Å². The fraction of sp³-hybridized carbons (Fsp3) is 0.600. The van der Waals surface area contributed by atoms with E-state index in [4.69, 9.17) is 4.74 Å². The highest BCUT2D eigenvalue weighted by Crippen LogP contribution is 2.23. The van der Waals surface area contributed by atoms with E-state index in [2.05, 4.69) is 34.2 Å². The van der Waals surface area contributed by atoms with Gasteiger partial charge in [-0.1, -0.05) is 36.7 Å². The minimum atomic E-state index is -0.313. The van der Waals surface area contributed by atoms with Crippen LogP contribution in [0.3, 0.4) is 0 Å². The summed E-state index contributed by atoms with van der Waals surface area (Å²) >= 11 is 3.48. The Kier molecular flexibility index (Phi) is 7.42. The minimum absolute atomic E-state index is 0.269. The van der Waals surface area contributed by atoms with Gasteiger partial charge in [-0.3, -0.25) is 0 Å². The van der Waals surface area contributed by atoms with E-state index >= 15 is 0 Å². The normalized spacial score (nSPS) is 12.7. The molecule has 0 saturated heterocycles. The molecule has 1 aromatic carbocycles. The van der Waals surface area contributed by atoms with E-state index < -0.39 is 0 Å². The maximum atomic E-state index is 9.77. The number of aliphatic hydroxyl groups excluding tert-OH is 1. The van der Waals surface area contributed by atoms with Crippen LogP contribution in [0.5, 0.6) is 5.75 Å². The number of ether oxygens (including phenoxy) is 1. The molecule has 0 aliphatic carbocycles. The second-order valence-corrected chi connectivity index (χ2v) is 5.96. The van der Waals surface area contributed by atoms with E-state index in [-0.39, 0.29) is 12.0 Å². The zero-order valence-electron chi connectivity index (χ0n) is 11.9. The highest BCUT2D eigenvalue weighted by atomic mass is 79.9. The molecule has 0 fully saturated rings. The lowest BCUT2D eigenvalue weighted by atomic mass is 10.1. The summed E-state index contributed by atoms with van der Waals surface area (Å²) in [6.45, 7) is 8.14. The van der Waals surface area contributed by atoms with Gasteiger partial charge in [-0.2, -0.15) is 0 Å². The van der Waals surface area contributed by atoms with Crippen LogP contribution in [0.2, 0.25) is 0 Å². The van der Waals surface area contributed by atoms with Crippen molar-refractivity contribution in [3.05, 3.63) is 28.2 Å². The molecule has 1 unspecified atom stereocenters. The monoisotopic (exact) mass is 329 g/mol. The third-order valence-corrected chi connectivity index (χ3v) is 3.42. The first kappa shape index (κ1) is 16.5. The molecule has 2 N–H and O–H groups in total. The van der Waals surface area contributed by atoms with E-state index in [1.165, 1.54) is 0 Å². The Morgan fingerprint density at radius 2 is 2.11 bits per heavy atom. The molecule has 1 aromatic rings. The molecular formula is C15H24BrNO2. The van der Waals surface area contributed by atoms with Crippen molar-refractivity contribution in [3.8, 4) is 5.75 Å². The number of hydrogen-bond acceptors (Lipinski definition) is 3. The Hall–Kier alpha value is -0.580. The molecule has 0 heterocycles. The number of benzene rings is 1. The standard InChI is InChI=1S/C15H24BrNO2/c1-4-7-19-15-6-5-13(16)8-12(15)9-17-10-14(18)11(2)3/h5-6,8,11,14,17-18H,4,7,9-10H2,1-3H3. The Labute approximate surface area is 124 Å². The number of nitrogens with one attached hydrogen (secondary N) is 1. The predicted molar refractivity (Wildman–Crippen MR) is 82.5 cm³/mol. The van der Waals surface area contributed by atoms with Gasteiger partial charge in [0, 0.05) is 23.1 Å². The number of aliphatic hydroxyl groups is 1. The van der Waals surface area contributed by atoms with Crippen molar-refractivity contribution >= 4 is 15.9 Å². The second-order valence-electron chi connectivity index (χ2n) is 5.04. The largest absolute Gasteiger partial charge is 0.493 e. The summed E-state index contributed by atoms with van der Waals surface area (Å²) < 4.78 is 6.76. The van der Waals surface area contributed by atoms with E-state index in [1.807, 2.05) is 26.0 Å². The van der Waals surface area contributed by atoms with Crippen LogP contribution in [0.1, 0.15) is 32.8 Å². The molecule has 0 amide bonds. The molecule has 0 saturated carbocycles. The van der Waals surface area contributed by atoms with Gasteiger partial charge < -0.3 is 15.2 Å². The molecule has 0 aliphatic rings. The minimum Gasteiger partial charge on any atom is -0.493 e. The van der Waals surface area contributed by atoms with Gasteiger partial charge in [0.25, 0.3) is 0 Å². The summed E-state index contributed by atoms with van der Waals surface area (Å²) in [5.74, 6) is 1.18. The summed E-state index contributed by atoms with van der Waals surface area (Å²) in [4.78, 5) is 0. The van der Waals surface area contributed by atoms with Gasteiger partial charge in [-0.15, -0.1) is 0 Å². The summed E-state index contributed by atoms with van der Waals surface area (Å²) in [5.41, 5.74) is 1.11. The van der Waals surface area contributed by atoms with Crippen LogP contribution in [-0.2, 0) is 6.54 Å². The maximum Gasteiger partial charge on any atom is 0.123 e. The van der Waals surface area contributed by atoms with E-state index in [1.54, 1.807) is 0 Å². The lowest BCUT2D eigenvalue weighted by Crippen LogP contribution is -2.30. The van der Waals surface area contributed by atoms with Gasteiger partial charge in [-0.05, 0) is 30.5 Å². The molecule has 0 bridgehead atoms. The summed E-state index contributed by atoms with van der Waals surface area (Å²) in [7, 11) is 0. The lowest BCUT2D eigenvalue weighted by Gasteiger charge is -2.16. The van der Waals surface area contributed by atoms with Crippen molar-refractivity contribution in [2.45, 2.75) is 39.8 Å². The first-order chi connectivity index (χ1) is 9.04. The van der Waals surface area contributed by atoms with Crippen molar-refractivity contribution in [1.82, 2.24) is 5.32 Å². The number of hydrogen-bond donors (Lipinski definition) is 2. The summed E-state index contributed by atoms with van der Waals surface area (Å²) in [6, 6.07) is 6.02. The Balaban J connectivity index is 2.57. The Bertz CT molecular complexity index is 382. The van der Waals surface area contributed by atoms with Gasteiger partial charge in [0.05, 0.1) is 12.7 Å². The quantitative estimate of drug-likeness (QED) is 0.768. The topological polar surface area (TPSA) is 41.5 Å². The fourth-order valence-corrected chi connectivity index (χ4v) is 2.04. The molecule has 3 nitrogen and oxygen atoms in total. The van der Waals surface area contributed by atoms with Crippen LogP contribution in [-0.4, -0.2) is 24.4 Å². The van der Waals surface area contributed by atoms with E-state index in [0.29, 0.717) is 13.1 Å². The first-order valence-electron chi connectivity index (χ1n) is 6.84. The molecule has 4 heteroatoms. The lowest BCUT2D eigenvalue weighted by molar-refractivity contribution is 0.123. The zero-order valence-corrected chi connectivity index (χ0v) is 13.5. The molecular weight excluding hydrogens is 306 g/mol. The molecule has 0 aliphatic heterocycles. The van der Waals surface area contributed by atoms with E-state index in [9.17, 15) is 5.11 Å². The maximum absolute atomic E-state index is 9.77. The third-order valence-electron chi connectivity index (χ3n) is 2.92. The van der Waals surface area contributed by atoms with Crippen LogP contribution in [0.4, 0.5) is 0 Å². The van der Waals surface area contributed by atoms with Crippen molar-refractivity contribution in [2.75, 3.05) is 13.2 Å².